The molecule has 80 valence electrons. The minimum Gasteiger partial charge on any atom is -0.354 e. The number of H-pyrrole nitrogens is 1. The smallest absolute Gasteiger partial charge is 0.184 e. The van der Waals surface area contributed by atoms with Gasteiger partial charge in [-0.25, -0.2) is 9.97 Å². The summed E-state index contributed by atoms with van der Waals surface area (Å²) >= 11 is 1.63. The molecule has 2 N–H and O–H groups in total. The molecule has 3 aromatic rings. The SMILES string of the molecule is c1ccc2sc(NCc3ncn[nH]3)nc2c1. The van der Waals surface area contributed by atoms with Gasteiger partial charge in [0.05, 0.1) is 16.8 Å². The lowest BCUT2D eigenvalue weighted by Crippen LogP contribution is -2.00. The van der Waals surface area contributed by atoms with Crippen molar-refractivity contribution >= 4 is 26.7 Å². The first kappa shape index (κ1) is 9.29. The van der Waals surface area contributed by atoms with Crippen LogP contribution in [-0.4, -0.2) is 20.2 Å². The Labute approximate surface area is 95.6 Å². The maximum Gasteiger partial charge on any atom is 0.184 e. The number of hydrogen-bond donors (Lipinski definition) is 2. The first-order valence-corrected chi connectivity index (χ1v) is 5.67. The maximum atomic E-state index is 4.46. The van der Waals surface area contributed by atoms with Crippen LogP contribution < -0.4 is 5.32 Å². The normalized spacial score (nSPS) is 10.8. The van der Waals surface area contributed by atoms with Crippen molar-refractivity contribution in [3.63, 3.8) is 0 Å². The summed E-state index contributed by atoms with van der Waals surface area (Å²) in [7, 11) is 0. The van der Waals surface area contributed by atoms with E-state index in [4.69, 9.17) is 0 Å². The molecule has 0 atom stereocenters. The average molecular weight is 231 g/mol. The molecule has 0 unspecified atom stereocenters. The lowest BCUT2D eigenvalue weighted by atomic mass is 10.3. The molecule has 0 aliphatic rings. The number of benzene rings is 1. The van der Waals surface area contributed by atoms with E-state index in [9.17, 15) is 0 Å². The third kappa shape index (κ3) is 1.74. The van der Waals surface area contributed by atoms with Crippen LogP contribution in [0.5, 0.6) is 0 Å². The van der Waals surface area contributed by atoms with Crippen molar-refractivity contribution in [2.75, 3.05) is 5.32 Å². The van der Waals surface area contributed by atoms with E-state index < -0.39 is 0 Å². The fraction of sp³-hybridized carbons (Fsp3) is 0.100. The summed E-state index contributed by atoms with van der Waals surface area (Å²) in [5.41, 5.74) is 1.02. The standard InChI is InChI=1S/C10H9N5S/c1-2-4-8-7(3-1)14-10(16-8)11-5-9-12-6-13-15-9/h1-4,6H,5H2,(H,11,14)(H,12,13,15). The molecule has 0 aliphatic heterocycles. The minimum atomic E-state index is 0.611. The minimum absolute atomic E-state index is 0.611. The first-order valence-electron chi connectivity index (χ1n) is 4.85. The quantitative estimate of drug-likeness (QED) is 0.723. The molecule has 0 bridgehead atoms. The second kappa shape index (κ2) is 3.90. The van der Waals surface area contributed by atoms with Crippen LogP contribution >= 0.6 is 11.3 Å². The third-order valence-corrected chi connectivity index (χ3v) is 3.16. The summed E-state index contributed by atoms with van der Waals surface area (Å²) in [4.78, 5) is 8.49. The molecule has 2 heterocycles. The Kier molecular flexibility index (Phi) is 2.26. The number of rotatable bonds is 3. The van der Waals surface area contributed by atoms with Crippen molar-refractivity contribution in [2.24, 2.45) is 0 Å². The van der Waals surface area contributed by atoms with Crippen LogP contribution in [0.25, 0.3) is 10.2 Å². The predicted octanol–water partition coefficient (Wildman–Crippen LogP) is 2.03. The van der Waals surface area contributed by atoms with Crippen LogP contribution in [0.15, 0.2) is 30.6 Å². The van der Waals surface area contributed by atoms with Gasteiger partial charge in [-0.15, -0.1) is 0 Å². The van der Waals surface area contributed by atoms with E-state index in [-0.39, 0.29) is 0 Å². The van der Waals surface area contributed by atoms with Crippen LogP contribution in [0.1, 0.15) is 5.82 Å². The van der Waals surface area contributed by atoms with Gasteiger partial charge in [-0.05, 0) is 12.1 Å². The second-order valence-corrected chi connectivity index (χ2v) is 4.30. The van der Waals surface area contributed by atoms with Gasteiger partial charge in [0, 0.05) is 0 Å². The Balaban J connectivity index is 1.79. The van der Waals surface area contributed by atoms with Crippen molar-refractivity contribution in [3.05, 3.63) is 36.4 Å². The lowest BCUT2D eigenvalue weighted by Gasteiger charge is -1.96. The molecule has 0 fully saturated rings. The lowest BCUT2D eigenvalue weighted by molar-refractivity contribution is 0.953. The summed E-state index contributed by atoms with van der Waals surface area (Å²) in [5, 5.41) is 10.7. The highest BCUT2D eigenvalue weighted by Gasteiger charge is 2.02. The van der Waals surface area contributed by atoms with Gasteiger partial charge < -0.3 is 5.32 Å². The van der Waals surface area contributed by atoms with Crippen molar-refractivity contribution in [1.29, 1.82) is 0 Å². The Morgan fingerprint density at radius 1 is 1.31 bits per heavy atom. The van der Waals surface area contributed by atoms with Crippen LogP contribution in [-0.2, 0) is 6.54 Å². The molecular formula is C10H9N5S. The molecule has 0 spiro atoms. The van der Waals surface area contributed by atoms with E-state index in [2.05, 4.69) is 31.5 Å². The molecule has 16 heavy (non-hydrogen) atoms. The maximum absolute atomic E-state index is 4.46. The second-order valence-electron chi connectivity index (χ2n) is 3.27. The summed E-state index contributed by atoms with van der Waals surface area (Å²) < 4.78 is 1.18. The van der Waals surface area contributed by atoms with Crippen LogP contribution in [0, 0.1) is 0 Å². The number of aromatic nitrogens is 4. The van der Waals surface area contributed by atoms with Gasteiger partial charge in [0.2, 0.25) is 0 Å². The Bertz CT molecular complexity index is 553. The number of para-hydroxylation sites is 1. The zero-order chi connectivity index (χ0) is 10.8. The van der Waals surface area contributed by atoms with Gasteiger partial charge in [-0.1, -0.05) is 23.5 Å². The molecule has 5 nitrogen and oxygen atoms in total. The summed E-state index contributed by atoms with van der Waals surface area (Å²) in [5.74, 6) is 0.805. The van der Waals surface area contributed by atoms with Crippen molar-refractivity contribution in [3.8, 4) is 0 Å². The Morgan fingerprint density at radius 2 is 2.25 bits per heavy atom. The highest BCUT2D eigenvalue weighted by Crippen LogP contribution is 2.25. The molecular weight excluding hydrogens is 222 g/mol. The molecule has 0 aliphatic carbocycles. The number of aromatic amines is 1. The van der Waals surface area contributed by atoms with Crippen molar-refractivity contribution in [2.45, 2.75) is 6.54 Å². The van der Waals surface area contributed by atoms with Crippen LogP contribution in [0.3, 0.4) is 0 Å². The monoisotopic (exact) mass is 231 g/mol. The zero-order valence-corrected chi connectivity index (χ0v) is 9.16. The highest BCUT2D eigenvalue weighted by atomic mass is 32.1. The van der Waals surface area contributed by atoms with Crippen molar-refractivity contribution in [1.82, 2.24) is 20.2 Å². The first-order chi connectivity index (χ1) is 7.92. The zero-order valence-electron chi connectivity index (χ0n) is 8.34. The number of hydrogen-bond acceptors (Lipinski definition) is 5. The van der Waals surface area contributed by atoms with E-state index in [0.29, 0.717) is 6.54 Å². The Morgan fingerprint density at radius 3 is 3.06 bits per heavy atom. The van der Waals surface area contributed by atoms with E-state index >= 15 is 0 Å². The molecule has 2 aromatic heterocycles. The van der Waals surface area contributed by atoms with E-state index in [0.717, 1.165) is 16.5 Å². The average Bonchev–Trinajstić information content (AvgIpc) is 2.95. The van der Waals surface area contributed by atoms with Crippen LogP contribution in [0.4, 0.5) is 5.13 Å². The molecule has 3 rings (SSSR count). The van der Waals surface area contributed by atoms with E-state index in [1.165, 1.54) is 11.0 Å². The van der Waals surface area contributed by atoms with Gasteiger partial charge in [-0.3, -0.25) is 5.10 Å². The van der Waals surface area contributed by atoms with Gasteiger partial charge in [0.25, 0.3) is 0 Å². The number of fused-ring (bicyclic) bond motifs is 1. The fourth-order valence-electron chi connectivity index (χ4n) is 1.42. The third-order valence-electron chi connectivity index (χ3n) is 2.17. The van der Waals surface area contributed by atoms with E-state index in [1.54, 1.807) is 11.3 Å². The van der Waals surface area contributed by atoms with E-state index in [1.807, 2.05) is 18.2 Å². The molecule has 6 heteroatoms. The molecule has 0 amide bonds. The fourth-order valence-corrected chi connectivity index (χ4v) is 2.28. The number of thiazole rings is 1. The van der Waals surface area contributed by atoms with Gasteiger partial charge in [0.15, 0.2) is 5.13 Å². The molecule has 0 saturated carbocycles. The van der Waals surface area contributed by atoms with Gasteiger partial charge in [0.1, 0.15) is 12.2 Å². The summed E-state index contributed by atoms with van der Waals surface area (Å²) in [6.07, 6.45) is 1.50. The molecule has 1 aromatic carbocycles. The summed E-state index contributed by atoms with van der Waals surface area (Å²) in [6.45, 7) is 0.611. The van der Waals surface area contributed by atoms with Gasteiger partial charge in [-0.2, -0.15) is 5.10 Å². The number of nitrogens with zero attached hydrogens (tertiary/aromatic N) is 3. The predicted molar refractivity (Wildman–Crippen MR) is 63.3 cm³/mol. The van der Waals surface area contributed by atoms with Crippen molar-refractivity contribution < 1.29 is 0 Å². The number of nitrogens with one attached hydrogen (secondary N) is 2. The Hall–Kier alpha value is -1.95. The summed E-state index contributed by atoms with van der Waals surface area (Å²) in [6, 6.07) is 8.07. The largest absolute Gasteiger partial charge is 0.354 e. The van der Waals surface area contributed by atoms with Crippen LogP contribution in [0.2, 0.25) is 0 Å². The molecule has 0 radical (unpaired) electrons. The number of anilines is 1. The van der Waals surface area contributed by atoms with Gasteiger partial charge >= 0.3 is 0 Å². The molecule has 0 saturated heterocycles. The topological polar surface area (TPSA) is 66.5 Å². The highest BCUT2D eigenvalue weighted by molar-refractivity contribution is 7.22.